The number of alkyl halides is 2. The maximum absolute atomic E-state index is 13.6. The van der Waals surface area contributed by atoms with Gasteiger partial charge in [-0.2, -0.15) is 8.78 Å². The Balaban J connectivity index is 1.96. The van der Waals surface area contributed by atoms with Crippen LogP contribution in [0.25, 0.3) is 6.08 Å². The second kappa shape index (κ2) is 10.2. The second-order valence-corrected chi connectivity index (χ2v) is 5.67. The van der Waals surface area contributed by atoms with Crippen LogP contribution in [0.1, 0.15) is 12.5 Å². The van der Waals surface area contributed by atoms with Crippen LogP contribution in [0.5, 0.6) is 11.5 Å². The van der Waals surface area contributed by atoms with Gasteiger partial charge in [0.2, 0.25) is 0 Å². The molecule has 0 unspecified atom stereocenters. The van der Waals surface area contributed by atoms with Gasteiger partial charge in [-0.1, -0.05) is 18.2 Å². The normalized spacial score (nSPS) is 11.9. The lowest BCUT2D eigenvalue weighted by atomic mass is 10.2. The summed E-state index contributed by atoms with van der Waals surface area (Å²) >= 11 is 0. The van der Waals surface area contributed by atoms with E-state index in [9.17, 15) is 22.8 Å². The largest absolute Gasteiger partial charge is 0.493 e. The van der Waals surface area contributed by atoms with Crippen molar-refractivity contribution in [1.29, 1.82) is 0 Å². The minimum absolute atomic E-state index is 0.0332. The zero-order valence-electron chi connectivity index (χ0n) is 15.5. The zero-order chi connectivity index (χ0) is 21.4. The van der Waals surface area contributed by atoms with Crippen LogP contribution in [0, 0.1) is 5.82 Å². The van der Waals surface area contributed by atoms with Gasteiger partial charge in [-0.3, -0.25) is 4.79 Å². The molecule has 0 aliphatic rings. The van der Waals surface area contributed by atoms with Crippen LogP contribution >= 0.6 is 0 Å². The highest BCUT2D eigenvalue weighted by Crippen LogP contribution is 2.29. The number of carbonyl (C=O) groups excluding carboxylic acids is 2. The Labute approximate surface area is 164 Å². The van der Waals surface area contributed by atoms with Crippen LogP contribution in [0.15, 0.2) is 48.5 Å². The number of rotatable bonds is 8. The number of esters is 1. The Kier molecular flexibility index (Phi) is 7.64. The molecule has 9 heteroatoms. The van der Waals surface area contributed by atoms with Gasteiger partial charge in [0.1, 0.15) is 5.82 Å². The number of ether oxygens (including phenoxy) is 3. The third kappa shape index (κ3) is 6.56. The standard InChI is InChI=1S/C20H18F3NO5/c1-12(19(26)24-15-6-4-3-5-14(15)21)28-18(25)10-8-13-7-9-16(29-20(22)23)17(11-13)27-2/h3-12,20H,1-2H3,(H,24,26)/b10-8+/t12-/m0/s1. The maximum Gasteiger partial charge on any atom is 0.387 e. The molecule has 0 spiro atoms. The predicted octanol–water partition coefficient (Wildman–Crippen LogP) is 4.02. The van der Waals surface area contributed by atoms with Crippen LogP contribution < -0.4 is 14.8 Å². The summed E-state index contributed by atoms with van der Waals surface area (Å²) in [5.74, 6) is -2.24. The van der Waals surface area contributed by atoms with Crippen LogP contribution in [0.3, 0.4) is 0 Å². The molecular weight excluding hydrogens is 391 g/mol. The van der Waals surface area contributed by atoms with Gasteiger partial charge in [0.05, 0.1) is 12.8 Å². The summed E-state index contributed by atoms with van der Waals surface area (Å²) in [6.45, 7) is -1.67. The fourth-order valence-corrected chi connectivity index (χ4v) is 2.21. The summed E-state index contributed by atoms with van der Waals surface area (Å²) < 4.78 is 52.4. The van der Waals surface area contributed by atoms with Crippen molar-refractivity contribution in [3.8, 4) is 11.5 Å². The first-order valence-electron chi connectivity index (χ1n) is 8.37. The Morgan fingerprint density at radius 2 is 1.83 bits per heavy atom. The highest BCUT2D eigenvalue weighted by atomic mass is 19.3. The quantitative estimate of drug-likeness (QED) is 0.527. The first-order chi connectivity index (χ1) is 13.8. The SMILES string of the molecule is COc1cc(/C=C/C(=O)O[C@@H](C)C(=O)Nc2ccccc2F)ccc1OC(F)F. The molecule has 0 aliphatic carbocycles. The fourth-order valence-electron chi connectivity index (χ4n) is 2.21. The first kappa shape index (κ1) is 21.8. The Bertz CT molecular complexity index is 901. The molecule has 0 saturated carbocycles. The summed E-state index contributed by atoms with van der Waals surface area (Å²) in [7, 11) is 1.28. The van der Waals surface area contributed by atoms with Gasteiger partial charge in [0, 0.05) is 6.08 Å². The van der Waals surface area contributed by atoms with Crippen LogP contribution in [-0.2, 0) is 14.3 Å². The van der Waals surface area contributed by atoms with Crippen molar-refractivity contribution < 1.29 is 37.0 Å². The minimum Gasteiger partial charge on any atom is -0.493 e. The van der Waals surface area contributed by atoms with E-state index in [-0.39, 0.29) is 17.2 Å². The number of hydrogen-bond acceptors (Lipinski definition) is 5. The van der Waals surface area contributed by atoms with Crippen LogP contribution in [-0.4, -0.2) is 31.7 Å². The van der Waals surface area contributed by atoms with E-state index in [2.05, 4.69) is 10.1 Å². The molecule has 2 aromatic carbocycles. The number of carbonyl (C=O) groups is 2. The summed E-state index contributed by atoms with van der Waals surface area (Å²) in [5.41, 5.74) is 0.415. The smallest absolute Gasteiger partial charge is 0.387 e. The third-order valence-corrected chi connectivity index (χ3v) is 3.61. The number of para-hydroxylation sites is 1. The summed E-state index contributed by atoms with van der Waals surface area (Å²) in [4.78, 5) is 23.9. The number of anilines is 1. The predicted molar refractivity (Wildman–Crippen MR) is 99.2 cm³/mol. The molecule has 1 atom stereocenters. The molecule has 0 aliphatic heterocycles. The van der Waals surface area contributed by atoms with E-state index in [0.717, 1.165) is 6.08 Å². The van der Waals surface area contributed by atoms with Gasteiger partial charge in [0.25, 0.3) is 5.91 Å². The highest BCUT2D eigenvalue weighted by Gasteiger charge is 2.18. The van der Waals surface area contributed by atoms with Crippen molar-refractivity contribution in [3.05, 3.63) is 59.9 Å². The van der Waals surface area contributed by atoms with Gasteiger partial charge < -0.3 is 19.5 Å². The van der Waals surface area contributed by atoms with E-state index >= 15 is 0 Å². The Morgan fingerprint density at radius 3 is 2.48 bits per heavy atom. The first-order valence-corrected chi connectivity index (χ1v) is 8.37. The molecule has 0 radical (unpaired) electrons. The number of amides is 1. The van der Waals surface area contributed by atoms with Gasteiger partial charge >= 0.3 is 12.6 Å². The van der Waals surface area contributed by atoms with E-state index in [0.29, 0.717) is 5.56 Å². The van der Waals surface area contributed by atoms with Gasteiger partial charge in [0.15, 0.2) is 17.6 Å². The molecule has 1 N–H and O–H groups in total. The lowest BCUT2D eigenvalue weighted by Crippen LogP contribution is -2.29. The molecule has 6 nitrogen and oxygen atoms in total. The average molecular weight is 409 g/mol. The van der Waals surface area contributed by atoms with Crippen molar-refractivity contribution in [1.82, 2.24) is 0 Å². The minimum atomic E-state index is -3.00. The average Bonchev–Trinajstić information content (AvgIpc) is 2.68. The number of methoxy groups -OCH3 is 1. The van der Waals surface area contributed by atoms with E-state index in [1.165, 1.54) is 56.5 Å². The van der Waals surface area contributed by atoms with Crippen molar-refractivity contribution in [2.75, 3.05) is 12.4 Å². The molecule has 2 rings (SSSR count). The summed E-state index contributed by atoms with van der Waals surface area (Å²) in [5, 5.41) is 2.32. The molecular formula is C20H18F3NO5. The van der Waals surface area contributed by atoms with Gasteiger partial charge in [-0.05, 0) is 42.8 Å². The summed E-state index contributed by atoms with van der Waals surface area (Å²) in [6.07, 6.45) is 1.22. The van der Waals surface area contributed by atoms with Crippen molar-refractivity contribution in [2.45, 2.75) is 19.6 Å². The number of nitrogens with one attached hydrogen (secondary N) is 1. The third-order valence-electron chi connectivity index (χ3n) is 3.61. The molecule has 0 saturated heterocycles. The Morgan fingerprint density at radius 1 is 1.10 bits per heavy atom. The van der Waals surface area contributed by atoms with Crippen LogP contribution in [0.4, 0.5) is 18.9 Å². The van der Waals surface area contributed by atoms with Crippen LogP contribution in [0.2, 0.25) is 0 Å². The highest BCUT2D eigenvalue weighted by molar-refractivity contribution is 5.96. The molecule has 0 bridgehead atoms. The van der Waals surface area contributed by atoms with E-state index < -0.39 is 30.4 Å². The van der Waals surface area contributed by atoms with E-state index in [4.69, 9.17) is 9.47 Å². The zero-order valence-corrected chi connectivity index (χ0v) is 15.5. The number of benzene rings is 2. The molecule has 154 valence electrons. The summed E-state index contributed by atoms with van der Waals surface area (Å²) in [6, 6.07) is 9.65. The van der Waals surface area contributed by atoms with Gasteiger partial charge in [-0.15, -0.1) is 0 Å². The molecule has 0 fully saturated rings. The van der Waals surface area contributed by atoms with Gasteiger partial charge in [-0.25, -0.2) is 9.18 Å². The second-order valence-electron chi connectivity index (χ2n) is 5.67. The molecule has 29 heavy (non-hydrogen) atoms. The molecule has 2 aromatic rings. The molecule has 1 amide bonds. The lowest BCUT2D eigenvalue weighted by Gasteiger charge is -2.13. The maximum atomic E-state index is 13.6. The molecule has 0 heterocycles. The van der Waals surface area contributed by atoms with Crippen molar-refractivity contribution in [3.63, 3.8) is 0 Å². The topological polar surface area (TPSA) is 73.9 Å². The van der Waals surface area contributed by atoms with E-state index in [1.54, 1.807) is 6.07 Å². The lowest BCUT2D eigenvalue weighted by molar-refractivity contribution is -0.148. The van der Waals surface area contributed by atoms with E-state index in [1.807, 2.05) is 0 Å². The monoisotopic (exact) mass is 409 g/mol. The number of halogens is 3. The number of hydrogen-bond donors (Lipinski definition) is 1. The fraction of sp³-hybridized carbons (Fsp3) is 0.200. The molecule has 0 aromatic heterocycles. The van der Waals surface area contributed by atoms with Crippen molar-refractivity contribution >= 4 is 23.6 Å². The Hall–Kier alpha value is -3.49. The van der Waals surface area contributed by atoms with Crippen molar-refractivity contribution in [2.24, 2.45) is 0 Å².